The zero-order chi connectivity index (χ0) is 13.7. The molecule has 1 aromatic rings. The molecule has 1 heterocycles. The molecule has 0 radical (unpaired) electrons. The van der Waals surface area contributed by atoms with Gasteiger partial charge in [0.2, 0.25) is 0 Å². The molecule has 2 rings (SSSR count). The van der Waals surface area contributed by atoms with Crippen LogP contribution in [-0.4, -0.2) is 31.7 Å². The predicted octanol–water partition coefficient (Wildman–Crippen LogP) is 3.74. The van der Waals surface area contributed by atoms with Crippen molar-refractivity contribution in [3.63, 3.8) is 0 Å². The minimum absolute atomic E-state index is 0.545. The summed E-state index contributed by atoms with van der Waals surface area (Å²) in [5.74, 6) is 1.53. The molecule has 1 aliphatic rings. The third kappa shape index (κ3) is 4.05. The molecule has 3 atom stereocenters. The lowest BCUT2D eigenvalue weighted by molar-refractivity contribution is 0.145. The summed E-state index contributed by atoms with van der Waals surface area (Å²) in [7, 11) is 1.80. The van der Waals surface area contributed by atoms with E-state index in [0.717, 1.165) is 12.5 Å². The fourth-order valence-electron chi connectivity index (χ4n) is 3.27. The van der Waals surface area contributed by atoms with Gasteiger partial charge in [-0.25, -0.2) is 0 Å². The van der Waals surface area contributed by atoms with Crippen LogP contribution in [0.1, 0.15) is 38.3 Å². The zero-order valence-electron chi connectivity index (χ0n) is 12.5. The van der Waals surface area contributed by atoms with Gasteiger partial charge in [-0.3, -0.25) is 4.90 Å². The fourth-order valence-corrected chi connectivity index (χ4v) is 3.27. The van der Waals surface area contributed by atoms with Gasteiger partial charge in [0.15, 0.2) is 0 Å². The second kappa shape index (κ2) is 7.06. The summed E-state index contributed by atoms with van der Waals surface area (Å²) in [6, 6.07) is 11.4. The average molecular weight is 261 g/mol. The van der Waals surface area contributed by atoms with Crippen LogP contribution in [0.4, 0.5) is 0 Å². The van der Waals surface area contributed by atoms with Gasteiger partial charge in [0.05, 0.1) is 0 Å². The van der Waals surface area contributed by atoms with E-state index in [4.69, 9.17) is 4.74 Å². The standard InChI is InChI=1S/C17H27NO/c1-14(13-19-3)11-16-9-10-18(12-16)15(2)17-7-5-4-6-8-17/h4-8,14-16H,9-13H2,1-3H3/t14?,15-,16+/m0/s1. The van der Waals surface area contributed by atoms with Crippen molar-refractivity contribution < 1.29 is 4.74 Å². The third-order valence-corrected chi connectivity index (χ3v) is 4.33. The molecule has 0 spiro atoms. The van der Waals surface area contributed by atoms with Crippen molar-refractivity contribution >= 4 is 0 Å². The smallest absolute Gasteiger partial charge is 0.0487 e. The summed E-state index contributed by atoms with van der Waals surface area (Å²) < 4.78 is 5.24. The van der Waals surface area contributed by atoms with Gasteiger partial charge in [-0.15, -0.1) is 0 Å². The predicted molar refractivity (Wildman–Crippen MR) is 80.2 cm³/mol. The summed E-state index contributed by atoms with van der Waals surface area (Å²) in [6.45, 7) is 8.00. The lowest BCUT2D eigenvalue weighted by Gasteiger charge is -2.25. The van der Waals surface area contributed by atoms with Crippen LogP contribution in [0.2, 0.25) is 0 Å². The Morgan fingerprint density at radius 1 is 1.26 bits per heavy atom. The molecule has 0 saturated carbocycles. The SMILES string of the molecule is COCC(C)C[C@H]1CCN([C@@H](C)c2ccccc2)C1. The number of rotatable bonds is 6. The van der Waals surface area contributed by atoms with Crippen LogP contribution in [0.25, 0.3) is 0 Å². The molecule has 1 fully saturated rings. The molecule has 1 aliphatic heterocycles. The Morgan fingerprint density at radius 3 is 2.68 bits per heavy atom. The number of likely N-dealkylation sites (tertiary alicyclic amines) is 1. The number of nitrogens with zero attached hydrogens (tertiary/aromatic N) is 1. The van der Waals surface area contributed by atoms with E-state index >= 15 is 0 Å². The molecule has 1 saturated heterocycles. The number of ether oxygens (including phenoxy) is 1. The summed E-state index contributed by atoms with van der Waals surface area (Å²) in [4.78, 5) is 2.62. The Hall–Kier alpha value is -0.860. The minimum Gasteiger partial charge on any atom is -0.384 e. The summed E-state index contributed by atoms with van der Waals surface area (Å²) in [5, 5.41) is 0. The molecule has 2 nitrogen and oxygen atoms in total. The van der Waals surface area contributed by atoms with Crippen molar-refractivity contribution in [3.8, 4) is 0 Å². The first-order valence-corrected chi connectivity index (χ1v) is 7.48. The summed E-state index contributed by atoms with van der Waals surface area (Å²) >= 11 is 0. The summed E-state index contributed by atoms with van der Waals surface area (Å²) in [5.41, 5.74) is 1.44. The lowest BCUT2D eigenvalue weighted by atomic mass is 9.96. The van der Waals surface area contributed by atoms with Crippen molar-refractivity contribution in [2.24, 2.45) is 11.8 Å². The van der Waals surface area contributed by atoms with E-state index in [2.05, 4.69) is 49.1 Å². The molecule has 0 bridgehead atoms. The molecule has 0 aliphatic carbocycles. The average Bonchev–Trinajstić information content (AvgIpc) is 2.87. The Morgan fingerprint density at radius 2 is 2.00 bits per heavy atom. The highest BCUT2D eigenvalue weighted by Gasteiger charge is 2.27. The first-order chi connectivity index (χ1) is 9.20. The van der Waals surface area contributed by atoms with Crippen molar-refractivity contribution in [1.29, 1.82) is 0 Å². The van der Waals surface area contributed by atoms with Gasteiger partial charge < -0.3 is 4.74 Å². The molecule has 0 amide bonds. The topological polar surface area (TPSA) is 12.5 Å². The van der Waals surface area contributed by atoms with E-state index in [1.807, 2.05) is 0 Å². The van der Waals surface area contributed by atoms with E-state index in [1.54, 1.807) is 7.11 Å². The monoisotopic (exact) mass is 261 g/mol. The fraction of sp³-hybridized carbons (Fsp3) is 0.647. The number of hydrogen-bond acceptors (Lipinski definition) is 2. The third-order valence-electron chi connectivity index (χ3n) is 4.33. The van der Waals surface area contributed by atoms with Gasteiger partial charge in [0, 0.05) is 26.3 Å². The molecular formula is C17H27NO. The quantitative estimate of drug-likeness (QED) is 0.773. The van der Waals surface area contributed by atoms with Gasteiger partial charge in [0.1, 0.15) is 0 Å². The number of benzene rings is 1. The van der Waals surface area contributed by atoms with Gasteiger partial charge in [-0.1, -0.05) is 37.3 Å². The number of methoxy groups -OCH3 is 1. The highest BCUT2D eigenvalue weighted by Crippen LogP contribution is 2.30. The minimum atomic E-state index is 0.545. The largest absolute Gasteiger partial charge is 0.384 e. The Balaban J connectivity index is 1.84. The van der Waals surface area contributed by atoms with Gasteiger partial charge in [0.25, 0.3) is 0 Å². The Kier molecular flexibility index (Phi) is 5.41. The normalized spacial score (nSPS) is 23.4. The Labute approximate surface area is 117 Å². The second-order valence-electron chi connectivity index (χ2n) is 6.03. The molecule has 2 heteroatoms. The molecule has 106 valence electrons. The molecule has 1 aromatic carbocycles. The van der Waals surface area contributed by atoms with Crippen molar-refractivity contribution in [2.75, 3.05) is 26.8 Å². The van der Waals surface area contributed by atoms with E-state index < -0.39 is 0 Å². The van der Waals surface area contributed by atoms with Crippen molar-refractivity contribution in [2.45, 2.75) is 32.7 Å². The molecular weight excluding hydrogens is 234 g/mol. The van der Waals surface area contributed by atoms with Gasteiger partial charge >= 0.3 is 0 Å². The van der Waals surface area contributed by atoms with Crippen molar-refractivity contribution in [1.82, 2.24) is 4.90 Å². The lowest BCUT2D eigenvalue weighted by Crippen LogP contribution is -2.25. The van der Waals surface area contributed by atoms with E-state index in [1.165, 1.54) is 31.5 Å². The number of hydrogen-bond donors (Lipinski definition) is 0. The van der Waals surface area contributed by atoms with E-state index in [9.17, 15) is 0 Å². The molecule has 0 N–H and O–H groups in total. The Bertz CT molecular complexity index is 365. The molecule has 19 heavy (non-hydrogen) atoms. The van der Waals surface area contributed by atoms with Crippen molar-refractivity contribution in [3.05, 3.63) is 35.9 Å². The van der Waals surface area contributed by atoms with Crippen LogP contribution in [0.15, 0.2) is 30.3 Å². The van der Waals surface area contributed by atoms with Crippen LogP contribution in [0, 0.1) is 11.8 Å². The molecule has 0 aromatic heterocycles. The first-order valence-electron chi connectivity index (χ1n) is 7.48. The maximum absolute atomic E-state index is 5.24. The van der Waals surface area contributed by atoms with E-state index in [-0.39, 0.29) is 0 Å². The summed E-state index contributed by atoms with van der Waals surface area (Å²) in [6.07, 6.45) is 2.64. The van der Waals surface area contributed by atoms with Crippen LogP contribution < -0.4 is 0 Å². The van der Waals surface area contributed by atoms with Gasteiger partial charge in [-0.05, 0) is 43.7 Å². The van der Waals surface area contributed by atoms with Crippen LogP contribution in [-0.2, 0) is 4.74 Å². The maximum Gasteiger partial charge on any atom is 0.0487 e. The highest BCUT2D eigenvalue weighted by molar-refractivity contribution is 5.18. The van der Waals surface area contributed by atoms with Crippen LogP contribution in [0.3, 0.4) is 0 Å². The van der Waals surface area contributed by atoms with Gasteiger partial charge in [-0.2, -0.15) is 0 Å². The van der Waals surface area contributed by atoms with Crippen LogP contribution >= 0.6 is 0 Å². The highest BCUT2D eigenvalue weighted by atomic mass is 16.5. The maximum atomic E-state index is 5.24. The first kappa shape index (κ1) is 14.5. The van der Waals surface area contributed by atoms with Crippen LogP contribution in [0.5, 0.6) is 0 Å². The zero-order valence-corrected chi connectivity index (χ0v) is 12.5. The van der Waals surface area contributed by atoms with E-state index in [0.29, 0.717) is 12.0 Å². The second-order valence-corrected chi connectivity index (χ2v) is 6.03. The molecule has 1 unspecified atom stereocenters.